The van der Waals surface area contributed by atoms with Crippen LogP contribution in [-0.2, 0) is 16.0 Å². The van der Waals surface area contributed by atoms with Crippen molar-refractivity contribution in [1.29, 1.82) is 0 Å². The third kappa shape index (κ3) is 3.40. The van der Waals surface area contributed by atoms with E-state index in [0.717, 1.165) is 18.6 Å². The number of nitrogens with zero attached hydrogens (tertiary/aromatic N) is 2. The fraction of sp³-hybridized carbons (Fsp3) is 0.429. The van der Waals surface area contributed by atoms with Gasteiger partial charge in [0.2, 0.25) is 5.91 Å². The molecule has 0 aliphatic carbocycles. The van der Waals surface area contributed by atoms with Gasteiger partial charge >= 0.3 is 0 Å². The lowest BCUT2D eigenvalue weighted by molar-refractivity contribution is -0.128. The number of rotatable bonds is 6. The molecule has 0 N–H and O–H groups in total. The summed E-state index contributed by atoms with van der Waals surface area (Å²) in [7, 11) is 1.62. The van der Waals surface area contributed by atoms with E-state index in [1.165, 1.54) is 5.56 Å². The average Bonchev–Trinajstić information content (AvgIpc) is 2.72. The van der Waals surface area contributed by atoms with Gasteiger partial charge in [-0.05, 0) is 18.4 Å². The first-order chi connectivity index (χ1) is 8.79. The van der Waals surface area contributed by atoms with Gasteiger partial charge in [-0.25, -0.2) is 5.01 Å². The van der Waals surface area contributed by atoms with Crippen molar-refractivity contribution in [3.05, 3.63) is 35.9 Å². The molecule has 0 bridgehead atoms. The summed E-state index contributed by atoms with van der Waals surface area (Å²) >= 11 is 0. The zero-order valence-corrected chi connectivity index (χ0v) is 10.6. The van der Waals surface area contributed by atoms with Gasteiger partial charge in [0.25, 0.3) is 0 Å². The summed E-state index contributed by atoms with van der Waals surface area (Å²) in [4.78, 5) is 11.7. The number of hydrogen-bond acceptors (Lipinski definition) is 3. The van der Waals surface area contributed by atoms with Crippen LogP contribution in [0.1, 0.15) is 18.4 Å². The Morgan fingerprint density at radius 1 is 1.33 bits per heavy atom. The molecule has 0 saturated heterocycles. The number of methoxy groups -OCH3 is 1. The van der Waals surface area contributed by atoms with E-state index in [2.05, 4.69) is 17.2 Å². The second-order valence-corrected chi connectivity index (χ2v) is 4.38. The van der Waals surface area contributed by atoms with Crippen molar-refractivity contribution in [2.24, 2.45) is 5.10 Å². The number of hydrogen-bond donors (Lipinski definition) is 0. The van der Waals surface area contributed by atoms with Crippen molar-refractivity contribution in [1.82, 2.24) is 5.01 Å². The largest absolute Gasteiger partial charge is 0.379 e. The van der Waals surface area contributed by atoms with Crippen molar-refractivity contribution in [2.75, 3.05) is 20.3 Å². The van der Waals surface area contributed by atoms with Crippen LogP contribution in [-0.4, -0.2) is 36.9 Å². The van der Waals surface area contributed by atoms with Gasteiger partial charge in [0.1, 0.15) is 0 Å². The van der Waals surface area contributed by atoms with Crippen LogP contribution in [0, 0.1) is 0 Å². The summed E-state index contributed by atoms with van der Waals surface area (Å²) in [5.41, 5.74) is 2.12. The zero-order valence-electron chi connectivity index (χ0n) is 10.6. The maximum atomic E-state index is 11.7. The highest BCUT2D eigenvalue weighted by atomic mass is 16.5. The molecule has 1 aromatic carbocycles. The van der Waals surface area contributed by atoms with Crippen molar-refractivity contribution < 1.29 is 9.53 Å². The minimum Gasteiger partial charge on any atom is -0.379 e. The first kappa shape index (κ1) is 12.8. The summed E-state index contributed by atoms with van der Waals surface area (Å²) in [6.07, 6.45) is 2.30. The van der Waals surface area contributed by atoms with Crippen LogP contribution in [0.5, 0.6) is 0 Å². The Bertz CT molecular complexity index is 429. The Hall–Kier alpha value is -1.68. The summed E-state index contributed by atoms with van der Waals surface area (Å²) in [5.74, 6) is 0.0788. The van der Waals surface area contributed by atoms with Crippen molar-refractivity contribution in [3.8, 4) is 0 Å². The summed E-state index contributed by atoms with van der Waals surface area (Å²) in [6, 6.07) is 10.3. The van der Waals surface area contributed by atoms with Crippen LogP contribution in [0.15, 0.2) is 35.4 Å². The molecule has 4 nitrogen and oxygen atoms in total. The molecule has 0 fully saturated rings. The Balaban J connectivity index is 1.78. The maximum Gasteiger partial charge on any atom is 0.248 e. The van der Waals surface area contributed by atoms with Crippen molar-refractivity contribution >= 4 is 11.6 Å². The molecule has 1 heterocycles. The predicted molar refractivity (Wildman–Crippen MR) is 70.4 cm³/mol. The predicted octanol–water partition coefficient (Wildman–Crippen LogP) is 1.85. The third-order valence-electron chi connectivity index (χ3n) is 2.89. The van der Waals surface area contributed by atoms with Gasteiger partial charge in [-0.3, -0.25) is 4.79 Å². The average molecular weight is 246 g/mol. The van der Waals surface area contributed by atoms with Gasteiger partial charge in [0, 0.05) is 13.7 Å². The van der Waals surface area contributed by atoms with Crippen LogP contribution in [0.3, 0.4) is 0 Å². The smallest absolute Gasteiger partial charge is 0.248 e. The molecular formula is C14H18N2O2. The monoisotopic (exact) mass is 246 g/mol. The number of hydrazone groups is 1. The quantitative estimate of drug-likeness (QED) is 0.768. The molecule has 0 aromatic heterocycles. The molecule has 1 aliphatic heterocycles. The highest BCUT2D eigenvalue weighted by molar-refractivity contribution is 6.05. The molecule has 0 spiro atoms. The molecule has 1 aromatic rings. The van der Waals surface area contributed by atoms with Gasteiger partial charge < -0.3 is 4.74 Å². The van der Waals surface area contributed by atoms with E-state index in [-0.39, 0.29) is 5.91 Å². The van der Waals surface area contributed by atoms with Crippen LogP contribution >= 0.6 is 0 Å². The van der Waals surface area contributed by atoms with Crippen LogP contribution in [0.2, 0.25) is 0 Å². The number of carbonyl (C=O) groups excluding carboxylic acids is 1. The van der Waals surface area contributed by atoms with Gasteiger partial charge in [0.15, 0.2) is 0 Å². The standard InChI is InChI=1S/C14H18N2O2/c1-18-11-13-10-14(17)16(15-13)9-5-8-12-6-3-2-4-7-12/h2-4,6-7H,5,8-11H2,1H3. The van der Waals surface area contributed by atoms with Crippen LogP contribution in [0.25, 0.3) is 0 Å². The SMILES string of the molecule is COCC1=NN(CCCc2ccccc2)C(=O)C1. The molecule has 1 aliphatic rings. The first-order valence-electron chi connectivity index (χ1n) is 6.19. The highest BCUT2D eigenvalue weighted by Crippen LogP contribution is 2.10. The van der Waals surface area contributed by atoms with Crippen molar-refractivity contribution in [2.45, 2.75) is 19.3 Å². The lowest BCUT2D eigenvalue weighted by atomic mass is 10.1. The zero-order chi connectivity index (χ0) is 12.8. The normalized spacial score (nSPS) is 15.1. The van der Waals surface area contributed by atoms with Gasteiger partial charge in [0.05, 0.1) is 18.7 Å². The summed E-state index contributed by atoms with van der Waals surface area (Å²) < 4.78 is 4.99. The second-order valence-electron chi connectivity index (χ2n) is 4.38. The first-order valence-corrected chi connectivity index (χ1v) is 6.19. The molecule has 0 saturated carbocycles. The number of aryl methyl sites for hydroxylation is 1. The Morgan fingerprint density at radius 3 is 2.83 bits per heavy atom. The third-order valence-corrected chi connectivity index (χ3v) is 2.89. The van der Waals surface area contributed by atoms with E-state index in [4.69, 9.17) is 4.74 Å². The fourth-order valence-corrected chi connectivity index (χ4v) is 2.03. The molecule has 0 radical (unpaired) electrons. The topological polar surface area (TPSA) is 41.9 Å². The van der Waals surface area contributed by atoms with E-state index in [9.17, 15) is 4.79 Å². The molecule has 0 unspecified atom stereocenters. The fourth-order valence-electron chi connectivity index (χ4n) is 2.03. The molecular weight excluding hydrogens is 228 g/mol. The van der Waals surface area contributed by atoms with E-state index in [1.54, 1.807) is 12.1 Å². The molecule has 96 valence electrons. The molecule has 4 heteroatoms. The number of benzene rings is 1. The molecule has 18 heavy (non-hydrogen) atoms. The minimum atomic E-state index is 0.0788. The van der Waals surface area contributed by atoms with E-state index < -0.39 is 0 Å². The Morgan fingerprint density at radius 2 is 2.11 bits per heavy atom. The van der Waals surface area contributed by atoms with Gasteiger partial charge in [-0.15, -0.1) is 0 Å². The van der Waals surface area contributed by atoms with E-state index >= 15 is 0 Å². The maximum absolute atomic E-state index is 11.7. The molecule has 2 rings (SSSR count). The van der Waals surface area contributed by atoms with E-state index in [0.29, 0.717) is 19.6 Å². The molecule has 1 amide bonds. The molecule has 0 atom stereocenters. The number of amides is 1. The Labute approximate surface area is 107 Å². The lowest BCUT2D eigenvalue weighted by Gasteiger charge is -2.11. The summed E-state index contributed by atoms with van der Waals surface area (Å²) in [5, 5.41) is 5.83. The van der Waals surface area contributed by atoms with Gasteiger partial charge in [-0.1, -0.05) is 30.3 Å². The van der Waals surface area contributed by atoms with Crippen LogP contribution in [0.4, 0.5) is 0 Å². The van der Waals surface area contributed by atoms with Crippen molar-refractivity contribution in [3.63, 3.8) is 0 Å². The minimum absolute atomic E-state index is 0.0788. The van der Waals surface area contributed by atoms with Gasteiger partial charge in [-0.2, -0.15) is 5.10 Å². The lowest BCUT2D eigenvalue weighted by Crippen LogP contribution is -2.22. The van der Waals surface area contributed by atoms with Crippen LogP contribution < -0.4 is 0 Å². The Kier molecular flexibility index (Phi) is 4.47. The highest BCUT2D eigenvalue weighted by Gasteiger charge is 2.22. The van der Waals surface area contributed by atoms with E-state index in [1.807, 2.05) is 18.2 Å². The summed E-state index contributed by atoms with van der Waals surface area (Å²) in [6.45, 7) is 1.13. The number of ether oxygens (including phenoxy) is 1. The second kappa shape index (κ2) is 6.31. The number of carbonyl (C=O) groups is 1.